The normalized spacial score (nSPS) is 12.3. The Balaban J connectivity index is 2.20. The number of carbonyl (C=O) groups excluding carboxylic acids is 1. The fraction of sp³-hybridized carbons (Fsp3) is 0.176. The van der Waals surface area contributed by atoms with Crippen molar-refractivity contribution in [1.82, 2.24) is 4.72 Å². The summed E-state index contributed by atoms with van der Waals surface area (Å²) in [5.41, 5.74) is 0.860. The highest BCUT2D eigenvalue weighted by atomic mass is 32.2. The summed E-state index contributed by atoms with van der Waals surface area (Å²) in [6.07, 6.45) is -0.394. The number of sulfonamides is 1. The van der Waals surface area contributed by atoms with Crippen molar-refractivity contribution in [2.24, 2.45) is 0 Å². The lowest BCUT2D eigenvalue weighted by molar-refractivity contribution is -0.138. The second-order valence-corrected chi connectivity index (χ2v) is 6.87. The molecule has 2 aromatic carbocycles. The topological polar surface area (TPSA) is 110 Å². The van der Waals surface area contributed by atoms with Crippen molar-refractivity contribution < 1.29 is 27.9 Å². The molecule has 0 saturated carbocycles. The van der Waals surface area contributed by atoms with E-state index >= 15 is 0 Å². The maximum Gasteiger partial charge on any atom is 0.305 e. The number of nitrogens with one attached hydrogen (secondary N) is 1. The Kier molecular flexibility index (Phi) is 6.26. The van der Waals surface area contributed by atoms with E-state index in [1.54, 1.807) is 6.07 Å². The molecule has 0 bridgehead atoms. The molecule has 0 aliphatic heterocycles. The first-order valence-corrected chi connectivity index (χ1v) is 8.86. The molecule has 132 valence electrons. The average Bonchev–Trinajstić information content (AvgIpc) is 2.60. The van der Waals surface area contributed by atoms with Gasteiger partial charge in [0.15, 0.2) is 0 Å². The molecule has 2 aromatic rings. The number of carboxylic acid groups (broad SMARTS) is 1. The molecule has 2 rings (SSSR count). The Morgan fingerprint density at radius 1 is 1.12 bits per heavy atom. The van der Waals surface area contributed by atoms with Gasteiger partial charge in [0.25, 0.3) is 0 Å². The predicted molar refractivity (Wildman–Crippen MR) is 89.6 cm³/mol. The van der Waals surface area contributed by atoms with E-state index in [0.717, 1.165) is 5.56 Å². The van der Waals surface area contributed by atoms with Crippen LogP contribution in [0.3, 0.4) is 0 Å². The quantitative estimate of drug-likeness (QED) is 0.655. The third-order valence-electron chi connectivity index (χ3n) is 3.24. The van der Waals surface area contributed by atoms with Gasteiger partial charge in [0, 0.05) is 0 Å². The Labute approximate surface area is 145 Å². The van der Waals surface area contributed by atoms with Crippen LogP contribution in [0.15, 0.2) is 59.5 Å². The number of benzene rings is 2. The van der Waals surface area contributed by atoms with Crippen LogP contribution in [-0.4, -0.2) is 31.8 Å². The standard InChI is InChI=1S/C17H17NO6S/c19-11-14(10-17(20)21)18-25(22,23)16-9-5-4-8-15(16)24-12-13-6-2-1-3-7-13/h1-9,11,14,18H,10,12H2,(H,20,21). The number of rotatable bonds is 9. The van der Waals surface area contributed by atoms with Gasteiger partial charge in [0.1, 0.15) is 23.5 Å². The number of ether oxygens (including phenoxy) is 1. The van der Waals surface area contributed by atoms with E-state index in [0.29, 0.717) is 0 Å². The van der Waals surface area contributed by atoms with Crippen LogP contribution in [0.5, 0.6) is 5.75 Å². The minimum Gasteiger partial charge on any atom is -0.487 e. The Morgan fingerprint density at radius 3 is 2.40 bits per heavy atom. The lowest BCUT2D eigenvalue weighted by Crippen LogP contribution is -2.37. The second-order valence-electron chi connectivity index (χ2n) is 5.18. The van der Waals surface area contributed by atoms with Crippen molar-refractivity contribution in [2.45, 2.75) is 24.0 Å². The summed E-state index contributed by atoms with van der Waals surface area (Å²) in [5.74, 6) is -1.17. The van der Waals surface area contributed by atoms with E-state index in [9.17, 15) is 18.0 Å². The molecule has 0 aliphatic carbocycles. The van der Waals surface area contributed by atoms with Gasteiger partial charge in [0.05, 0.1) is 12.5 Å². The van der Waals surface area contributed by atoms with Gasteiger partial charge in [-0.2, -0.15) is 0 Å². The molecule has 0 fully saturated rings. The molecule has 0 radical (unpaired) electrons. The zero-order valence-electron chi connectivity index (χ0n) is 13.2. The van der Waals surface area contributed by atoms with Crippen LogP contribution in [0.2, 0.25) is 0 Å². The maximum absolute atomic E-state index is 12.5. The SMILES string of the molecule is O=CC(CC(=O)O)NS(=O)(=O)c1ccccc1OCc1ccccc1. The van der Waals surface area contributed by atoms with Crippen LogP contribution < -0.4 is 9.46 Å². The molecule has 0 saturated heterocycles. The van der Waals surface area contributed by atoms with Crippen LogP contribution in [0.1, 0.15) is 12.0 Å². The molecule has 0 spiro atoms. The summed E-state index contributed by atoms with van der Waals surface area (Å²) in [7, 11) is -4.12. The van der Waals surface area contributed by atoms with Crippen LogP contribution in [0.4, 0.5) is 0 Å². The minimum absolute atomic E-state index is 0.110. The van der Waals surface area contributed by atoms with Crippen molar-refractivity contribution in [3.05, 3.63) is 60.2 Å². The van der Waals surface area contributed by atoms with Crippen molar-refractivity contribution in [3.8, 4) is 5.75 Å². The van der Waals surface area contributed by atoms with Crippen molar-refractivity contribution in [3.63, 3.8) is 0 Å². The van der Waals surface area contributed by atoms with E-state index in [-0.39, 0.29) is 23.5 Å². The summed E-state index contributed by atoms with van der Waals surface area (Å²) >= 11 is 0. The van der Waals surface area contributed by atoms with E-state index in [1.807, 2.05) is 30.3 Å². The fourth-order valence-corrected chi connectivity index (χ4v) is 3.41. The first-order valence-electron chi connectivity index (χ1n) is 7.37. The third-order valence-corrected chi connectivity index (χ3v) is 4.77. The van der Waals surface area contributed by atoms with Gasteiger partial charge in [-0.1, -0.05) is 42.5 Å². The van der Waals surface area contributed by atoms with Gasteiger partial charge >= 0.3 is 5.97 Å². The van der Waals surface area contributed by atoms with Gasteiger partial charge in [-0.05, 0) is 17.7 Å². The number of aldehydes is 1. The number of aliphatic carboxylic acids is 1. The molecule has 25 heavy (non-hydrogen) atoms. The van der Waals surface area contributed by atoms with Gasteiger partial charge in [-0.25, -0.2) is 13.1 Å². The van der Waals surface area contributed by atoms with Gasteiger partial charge < -0.3 is 14.6 Å². The summed E-state index contributed by atoms with van der Waals surface area (Å²) in [6, 6.07) is 13.8. The Bertz CT molecular complexity index is 835. The summed E-state index contributed by atoms with van der Waals surface area (Å²) in [5, 5.41) is 8.73. The summed E-state index contributed by atoms with van der Waals surface area (Å²) in [6.45, 7) is 0.166. The van der Waals surface area contributed by atoms with Crippen LogP contribution in [0, 0.1) is 0 Å². The van der Waals surface area contributed by atoms with Crippen molar-refractivity contribution in [2.75, 3.05) is 0 Å². The molecule has 2 N–H and O–H groups in total. The molecule has 0 aliphatic rings. The van der Waals surface area contributed by atoms with E-state index in [4.69, 9.17) is 9.84 Å². The van der Waals surface area contributed by atoms with E-state index < -0.39 is 28.5 Å². The lowest BCUT2D eigenvalue weighted by Gasteiger charge is -2.15. The first kappa shape index (κ1) is 18.6. The molecule has 1 unspecified atom stereocenters. The van der Waals surface area contributed by atoms with Crippen LogP contribution in [-0.2, 0) is 26.2 Å². The number of hydrogen-bond donors (Lipinski definition) is 2. The Morgan fingerprint density at radius 2 is 1.76 bits per heavy atom. The molecule has 0 heterocycles. The number of carboxylic acids is 1. The number of para-hydroxylation sites is 1. The second kappa shape index (κ2) is 8.41. The largest absolute Gasteiger partial charge is 0.487 e. The molecule has 1 atom stereocenters. The highest BCUT2D eigenvalue weighted by Crippen LogP contribution is 2.24. The predicted octanol–water partition coefficient (Wildman–Crippen LogP) is 1.59. The molecule has 7 nitrogen and oxygen atoms in total. The number of hydrogen-bond acceptors (Lipinski definition) is 5. The maximum atomic E-state index is 12.5. The summed E-state index contributed by atoms with van der Waals surface area (Å²) < 4.78 is 32.6. The summed E-state index contributed by atoms with van der Waals surface area (Å²) in [4.78, 5) is 21.5. The van der Waals surface area contributed by atoms with E-state index in [2.05, 4.69) is 4.72 Å². The minimum atomic E-state index is -4.12. The van der Waals surface area contributed by atoms with E-state index in [1.165, 1.54) is 18.2 Å². The number of carbonyl (C=O) groups is 2. The lowest BCUT2D eigenvalue weighted by atomic mass is 10.2. The molecule has 8 heteroatoms. The van der Waals surface area contributed by atoms with Crippen LogP contribution >= 0.6 is 0 Å². The smallest absolute Gasteiger partial charge is 0.305 e. The van der Waals surface area contributed by atoms with Gasteiger partial charge in [0.2, 0.25) is 10.0 Å². The monoisotopic (exact) mass is 363 g/mol. The molecule has 0 aromatic heterocycles. The average molecular weight is 363 g/mol. The van der Waals surface area contributed by atoms with Gasteiger partial charge in [-0.15, -0.1) is 0 Å². The first-order chi connectivity index (χ1) is 11.9. The van der Waals surface area contributed by atoms with Crippen molar-refractivity contribution in [1.29, 1.82) is 0 Å². The highest BCUT2D eigenvalue weighted by Gasteiger charge is 2.24. The highest BCUT2D eigenvalue weighted by molar-refractivity contribution is 7.89. The molecular formula is C17H17NO6S. The zero-order valence-corrected chi connectivity index (χ0v) is 14.0. The molecular weight excluding hydrogens is 346 g/mol. The van der Waals surface area contributed by atoms with Crippen LogP contribution in [0.25, 0.3) is 0 Å². The Hall–Kier alpha value is -2.71. The van der Waals surface area contributed by atoms with Gasteiger partial charge in [-0.3, -0.25) is 4.79 Å². The fourth-order valence-electron chi connectivity index (χ4n) is 2.10. The zero-order chi connectivity index (χ0) is 18.3. The third kappa shape index (κ3) is 5.40. The van der Waals surface area contributed by atoms with Crippen molar-refractivity contribution >= 4 is 22.3 Å². The molecule has 0 amide bonds.